The summed E-state index contributed by atoms with van der Waals surface area (Å²) in [6, 6.07) is 25.1. The van der Waals surface area contributed by atoms with Crippen LogP contribution in [0.2, 0.25) is 0 Å². The average molecular weight is 1140 g/mol. The van der Waals surface area contributed by atoms with Gasteiger partial charge < -0.3 is 29.2 Å². The minimum atomic E-state index is -0.457. The van der Waals surface area contributed by atoms with Crippen molar-refractivity contribution in [1.29, 1.82) is 0 Å². The maximum Gasteiger partial charge on any atom is 0.323 e. The van der Waals surface area contributed by atoms with Crippen molar-refractivity contribution < 1.29 is 43.5 Å². The Labute approximate surface area is 502 Å². The highest BCUT2D eigenvalue weighted by molar-refractivity contribution is 5.92. The molecule has 3 atom stereocenters. The normalized spacial score (nSPS) is 16.8. The highest BCUT2D eigenvalue weighted by Gasteiger charge is 2.43. The molecule has 0 aliphatic carbocycles. The minimum Gasteiger partial charge on any atom is -0.507 e. The van der Waals surface area contributed by atoms with Crippen molar-refractivity contribution in [3.05, 3.63) is 179 Å². The van der Waals surface area contributed by atoms with Gasteiger partial charge in [0, 0.05) is 33.4 Å². The van der Waals surface area contributed by atoms with Gasteiger partial charge in [-0.05, 0) is 153 Å². The third-order valence-corrected chi connectivity index (χ3v) is 16.9. The number of aliphatic hydroxyl groups excluding tert-OH is 1. The molecular weight excluding hydrogens is 1040 g/mol. The zero-order chi connectivity index (χ0) is 63.0. The summed E-state index contributed by atoms with van der Waals surface area (Å²) < 4.78 is 23.2. The van der Waals surface area contributed by atoms with Crippen LogP contribution in [0.4, 0.5) is 0 Å². The zero-order valence-electron chi connectivity index (χ0n) is 55.3. The molecule has 450 valence electrons. The number of benzene rings is 6. The Morgan fingerprint density at radius 3 is 0.893 bits per heavy atom. The van der Waals surface area contributed by atoms with Gasteiger partial charge >= 0.3 is 17.9 Å². The van der Waals surface area contributed by atoms with Gasteiger partial charge in [-0.2, -0.15) is 0 Å². The molecule has 3 aliphatic heterocycles. The van der Waals surface area contributed by atoms with E-state index in [-0.39, 0.29) is 75.3 Å². The van der Waals surface area contributed by atoms with E-state index in [1.54, 1.807) is 0 Å². The molecule has 0 aromatic heterocycles. The van der Waals surface area contributed by atoms with Gasteiger partial charge in [-0.15, -0.1) is 0 Å². The fourth-order valence-corrected chi connectivity index (χ4v) is 11.6. The summed E-state index contributed by atoms with van der Waals surface area (Å²) in [6.45, 7) is 53.4. The molecule has 0 fully saturated rings. The third-order valence-electron chi connectivity index (χ3n) is 16.9. The highest BCUT2D eigenvalue weighted by atomic mass is 16.6. The Morgan fingerprint density at radius 2 is 0.643 bits per heavy atom. The number of phenols is 1. The molecule has 0 spiro atoms. The molecule has 9 heteroatoms. The summed E-state index contributed by atoms with van der Waals surface area (Å²) in [4.78, 5) is 38.9. The Morgan fingerprint density at radius 1 is 0.381 bits per heavy atom. The van der Waals surface area contributed by atoms with Gasteiger partial charge in [-0.25, -0.2) is 0 Å². The molecule has 9 rings (SSSR count). The second kappa shape index (κ2) is 22.9. The number of aromatic hydroxyl groups is 1. The van der Waals surface area contributed by atoms with Crippen molar-refractivity contribution in [2.45, 2.75) is 223 Å². The van der Waals surface area contributed by atoms with E-state index in [1.807, 2.05) is 52.0 Å². The quantitative estimate of drug-likeness (QED) is 0.124. The van der Waals surface area contributed by atoms with Gasteiger partial charge in [-0.1, -0.05) is 197 Å². The first kappa shape index (κ1) is 64.8. The molecule has 2 N–H and O–H groups in total. The van der Waals surface area contributed by atoms with Crippen LogP contribution in [0, 0.1) is 48.5 Å². The van der Waals surface area contributed by atoms with Crippen LogP contribution in [0.1, 0.15) is 248 Å². The number of hydrogen-bond donors (Lipinski definition) is 2. The molecule has 3 unspecified atom stereocenters. The minimum absolute atomic E-state index is 0.00429. The third kappa shape index (κ3) is 13.2. The molecule has 6 aromatic rings. The Hall–Kier alpha value is -6.71. The molecule has 0 amide bonds. The first-order chi connectivity index (χ1) is 38.4. The van der Waals surface area contributed by atoms with Crippen molar-refractivity contribution in [3.8, 4) is 28.7 Å². The lowest BCUT2D eigenvalue weighted by atomic mass is 9.77. The smallest absolute Gasteiger partial charge is 0.323 e. The van der Waals surface area contributed by atoms with Crippen LogP contribution in [-0.4, -0.2) is 41.3 Å². The summed E-state index contributed by atoms with van der Waals surface area (Å²) in [7, 11) is 0. The van der Waals surface area contributed by atoms with Crippen LogP contribution in [-0.2, 0) is 46.9 Å². The number of aryl methyl sites for hydroxylation is 6. The lowest BCUT2D eigenvalue weighted by Gasteiger charge is -2.27. The fourth-order valence-electron chi connectivity index (χ4n) is 11.6. The number of ether oxygens (including phenoxy) is 4. The lowest BCUT2D eigenvalue weighted by Crippen LogP contribution is -2.17. The van der Waals surface area contributed by atoms with E-state index >= 15 is 0 Å². The molecule has 9 nitrogen and oxygen atoms in total. The largest absolute Gasteiger partial charge is 0.507 e. The SMILES string of the molecule is Cc1cc(C2C(=O)Oc3c2cc(C(C)(C)C)cc3C(C)(C)C)cc(C)c1C.Cc1cc(C2C(=O)Oc3c2cc(C(C)(C)C)cc3C(C)(C)C)cc(C)c1O.Cc1cc(C2C(=O)Oc3c2cc(C(C)(C)C)cc3C(C)(C)C)cc(C)c1OCCO. The second-order valence-corrected chi connectivity index (χ2v) is 30.2. The average Bonchev–Trinajstić information content (AvgIpc) is 4.07. The van der Waals surface area contributed by atoms with Crippen LogP contribution >= 0.6 is 0 Å². The van der Waals surface area contributed by atoms with E-state index in [4.69, 9.17) is 24.1 Å². The second-order valence-electron chi connectivity index (χ2n) is 30.2. The van der Waals surface area contributed by atoms with Gasteiger partial charge in [0.25, 0.3) is 0 Å². The number of fused-ring (bicyclic) bond motifs is 3. The molecule has 0 bridgehead atoms. The van der Waals surface area contributed by atoms with Crippen LogP contribution in [0.15, 0.2) is 72.8 Å². The van der Waals surface area contributed by atoms with Gasteiger partial charge in [0.15, 0.2) is 0 Å². The topological polar surface area (TPSA) is 129 Å². The number of carbonyl (C=O) groups excluding carboxylic acids is 3. The Kier molecular flexibility index (Phi) is 17.7. The van der Waals surface area contributed by atoms with Crippen molar-refractivity contribution in [2.75, 3.05) is 13.2 Å². The molecule has 0 saturated heterocycles. The number of aliphatic hydroxyl groups is 1. The monoisotopic (exact) mass is 1140 g/mol. The number of rotatable bonds is 6. The maximum absolute atomic E-state index is 13.1. The van der Waals surface area contributed by atoms with Crippen LogP contribution in [0.3, 0.4) is 0 Å². The number of phenolic OH excluding ortho intramolecular Hbond substituents is 1. The van der Waals surface area contributed by atoms with Crippen molar-refractivity contribution in [3.63, 3.8) is 0 Å². The Balaban J connectivity index is 0.000000181. The molecule has 3 heterocycles. The first-order valence-electron chi connectivity index (χ1n) is 29.9. The highest BCUT2D eigenvalue weighted by Crippen LogP contribution is 2.51. The summed E-state index contributed by atoms with van der Waals surface area (Å²) >= 11 is 0. The van der Waals surface area contributed by atoms with Crippen molar-refractivity contribution in [1.82, 2.24) is 0 Å². The van der Waals surface area contributed by atoms with Crippen molar-refractivity contribution in [2.24, 2.45) is 0 Å². The predicted octanol–water partition coefficient (Wildman–Crippen LogP) is 17.2. The summed E-state index contributed by atoms with van der Waals surface area (Å²) in [5, 5.41) is 19.2. The molecule has 3 aliphatic rings. The van der Waals surface area contributed by atoms with Gasteiger partial charge in [0.05, 0.1) is 6.61 Å². The molecule has 6 aromatic carbocycles. The van der Waals surface area contributed by atoms with Crippen LogP contribution in [0.5, 0.6) is 28.7 Å². The van der Waals surface area contributed by atoms with Crippen molar-refractivity contribution >= 4 is 17.9 Å². The summed E-state index contributed by atoms with van der Waals surface area (Å²) in [5.41, 5.74) is 19.3. The summed E-state index contributed by atoms with van der Waals surface area (Å²) in [5.74, 6) is 1.33. The Bertz CT molecular complexity index is 3340. The van der Waals surface area contributed by atoms with Gasteiger partial charge in [0.1, 0.15) is 53.1 Å². The standard InChI is InChI=1S/C26H34O4.C25H32O2.C24H30O3/c1-15-11-17(12-16(2)22(15)29-10-9-27)21-19-13-18(25(3,4)5)14-20(26(6,7)8)23(19)30-24(21)28;1-14-10-17(11-15(2)16(14)3)21-19-12-18(24(4,5)6)13-20(25(7,8)9)22(19)27-23(21)26;1-13-9-15(10-14(2)20(13)25)19-17-11-16(23(3,4)5)12-18(24(6,7)8)21(17)27-22(19)26/h11-14,21,27H,9-10H2,1-8H3;10-13,21H,1-9H3;9-12,19,25H,1-8H3. The lowest BCUT2D eigenvalue weighted by molar-refractivity contribution is -0.134. The van der Waals surface area contributed by atoms with E-state index < -0.39 is 11.8 Å². The first-order valence-corrected chi connectivity index (χ1v) is 29.9. The van der Waals surface area contributed by atoms with E-state index in [2.05, 4.69) is 194 Å². The maximum atomic E-state index is 13.1. The van der Waals surface area contributed by atoms with E-state index in [0.29, 0.717) is 11.5 Å². The van der Waals surface area contributed by atoms with E-state index in [1.165, 1.54) is 33.4 Å². The van der Waals surface area contributed by atoms with E-state index in [0.717, 1.165) is 83.8 Å². The molecular formula is C75H96O9. The molecule has 0 saturated carbocycles. The fraction of sp³-hybridized carbons (Fsp3) is 0.480. The number of esters is 3. The van der Waals surface area contributed by atoms with Crippen LogP contribution in [0.25, 0.3) is 0 Å². The van der Waals surface area contributed by atoms with Crippen LogP contribution < -0.4 is 18.9 Å². The van der Waals surface area contributed by atoms with Gasteiger partial charge in [-0.3, -0.25) is 14.4 Å². The molecule has 0 radical (unpaired) electrons. The number of carbonyl (C=O) groups is 3. The summed E-state index contributed by atoms with van der Waals surface area (Å²) in [6.07, 6.45) is 0. The van der Waals surface area contributed by atoms with Gasteiger partial charge in [0.2, 0.25) is 0 Å². The van der Waals surface area contributed by atoms with E-state index in [9.17, 15) is 19.5 Å². The zero-order valence-corrected chi connectivity index (χ0v) is 55.3. The number of hydrogen-bond acceptors (Lipinski definition) is 9. The predicted molar refractivity (Wildman–Crippen MR) is 341 cm³/mol. The molecule has 84 heavy (non-hydrogen) atoms.